The summed E-state index contributed by atoms with van der Waals surface area (Å²) >= 11 is 1.66. The monoisotopic (exact) mass is 284 g/mol. The fraction of sp³-hybridized carbons (Fsp3) is 0.200. The van der Waals surface area contributed by atoms with Crippen LogP contribution in [-0.2, 0) is 0 Å². The third-order valence-electron chi connectivity index (χ3n) is 3.24. The van der Waals surface area contributed by atoms with E-state index in [2.05, 4.69) is 26.8 Å². The molecule has 1 aromatic carbocycles. The minimum Gasteiger partial charge on any atom is -0.286 e. The zero-order valence-electron chi connectivity index (χ0n) is 11.7. The Morgan fingerprint density at radius 3 is 2.75 bits per heavy atom. The molecule has 2 aromatic heterocycles. The van der Waals surface area contributed by atoms with Gasteiger partial charge in [0.2, 0.25) is 0 Å². The van der Waals surface area contributed by atoms with Gasteiger partial charge in [0.1, 0.15) is 0 Å². The smallest absolute Gasteiger partial charge is 0.194 e. The van der Waals surface area contributed by atoms with Crippen molar-refractivity contribution in [3.05, 3.63) is 52.8 Å². The van der Waals surface area contributed by atoms with Crippen LogP contribution in [0.1, 0.15) is 17.1 Å². The lowest BCUT2D eigenvalue weighted by molar-refractivity contribution is 1.02. The zero-order chi connectivity index (χ0) is 14.1. The number of benzene rings is 1. The quantitative estimate of drug-likeness (QED) is 0.545. The maximum absolute atomic E-state index is 4.56. The lowest BCUT2D eigenvalue weighted by Crippen LogP contribution is -2.09. The third-order valence-corrected chi connectivity index (χ3v) is 4.18. The van der Waals surface area contributed by atoms with Crippen molar-refractivity contribution in [1.29, 1.82) is 0 Å². The second-order valence-corrected chi connectivity index (χ2v) is 5.52. The van der Waals surface area contributed by atoms with E-state index in [1.165, 1.54) is 5.69 Å². The van der Waals surface area contributed by atoms with Crippen LogP contribution in [0.5, 0.6) is 0 Å². The second-order valence-electron chi connectivity index (χ2n) is 4.68. The Morgan fingerprint density at radius 1 is 1.25 bits per heavy atom. The number of fused-ring (bicyclic) bond motifs is 1. The van der Waals surface area contributed by atoms with Gasteiger partial charge in [-0.3, -0.25) is 9.41 Å². The number of hydrazone groups is 1. The van der Waals surface area contributed by atoms with Gasteiger partial charge in [0.05, 0.1) is 23.3 Å². The molecule has 3 rings (SSSR count). The number of rotatable bonds is 3. The fourth-order valence-electron chi connectivity index (χ4n) is 2.13. The van der Waals surface area contributed by atoms with E-state index in [0.29, 0.717) is 0 Å². The Balaban J connectivity index is 1.95. The van der Waals surface area contributed by atoms with E-state index < -0.39 is 0 Å². The Bertz CT molecular complexity index is 755. The number of anilines is 1. The van der Waals surface area contributed by atoms with Crippen molar-refractivity contribution in [2.45, 2.75) is 13.8 Å². The third kappa shape index (κ3) is 2.20. The minimum absolute atomic E-state index is 1.00. The molecule has 3 aromatic rings. The molecule has 0 bridgehead atoms. The Morgan fingerprint density at radius 2 is 2.00 bits per heavy atom. The van der Waals surface area contributed by atoms with E-state index in [1.807, 2.05) is 55.5 Å². The molecule has 0 fully saturated rings. The number of nitrogens with zero attached hydrogens (tertiary/aromatic N) is 4. The molecular formula is C15H16N4S. The molecule has 4 nitrogen and oxygen atoms in total. The predicted octanol–water partition coefficient (Wildman–Crippen LogP) is 3.48. The molecule has 102 valence electrons. The predicted molar refractivity (Wildman–Crippen MR) is 85.0 cm³/mol. The van der Waals surface area contributed by atoms with Crippen molar-refractivity contribution in [3.63, 3.8) is 0 Å². The van der Waals surface area contributed by atoms with Gasteiger partial charge in [0.25, 0.3) is 0 Å². The standard InChI is InChI=1S/C15H16N4S/c1-11-10-20-15-17-12(2)14(19(11)15)9-16-18(3)13-7-5-4-6-8-13/h4-10H,1-3H3/b16-9+. The molecule has 0 unspecified atom stereocenters. The average molecular weight is 284 g/mol. The van der Waals surface area contributed by atoms with E-state index in [0.717, 1.165) is 22.0 Å². The van der Waals surface area contributed by atoms with Crippen LogP contribution < -0.4 is 5.01 Å². The van der Waals surface area contributed by atoms with Crippen LogP contribution in [0.4, 0.5) is 5.69 Å². The van der Waals surface area contributed by atoms with E-state index in [1.54, 1.807) is 11.3 Å². The Labute approximate surface area is 122 Å². The maximum atomic E-state index is 4.56. The van der Waals surface area contributed by atoms with Crippen LogP contribution in [0, 0.1) is 13.8 Å². The minimum atomic E-state index is 1.00. The van der Waals surface area contributed by atoms with Crippen molar-refractivity contribution in [2.75, 3.05) is 12.1 Å². The molecule has 2 heterocycles. The summed E-state index contributed by atoms with van der Waals surface area (Å²) in [6, 6.07) is 10.1. The molecule has 0 atom stereocenters. The van der Waals surface area contributed by atoms with Crippen LogP contribution in [0.15, 0.2) is 40.8 Å². The highest BCUT2D eigenvalue weighted by Crippen LogP contribution is 2.19. The molecule has 0 N–H and O–H groups in total. The molecule has 0 saturated carbocycles. The van der Waals surface area contributed by atoms with Gasteiger partial charge in [-0.15, -0.1) is 11.3 Å². The summed E-state index contributed by atoms with van der Waals surface area (Å²) in [5, 5.41) is 8.49. The summed E-state index contributed by atoms with van der Waals surface area (Å²) in [6.07, 6.45) is 1.88. The topological polar surface area (TPSA) is 32.9 Å². The van der Waals surface area contributed by atoms with Crippen molar-refractivity contribution < 1.29 is 0 Å². The molecule has 20 heavy (non-hydrogen) atoms. The fourth-order valence-corrected chi connectivity index (χ4v) is 3.05. The summed E-state index contributed by atoms with van der Waals surface area (Å²) in [4.78, 5) is 5.57. The molecular weight excluding hydrogens is 268 g/mol. The van der Waals surface area contributed by atoms with E-state index in [-0.39, 0.29) is 0 Å². The molecule has 0 spiro atoms. The van der Waals surface area contributed by atoms with Gasteiger partial charge >= 0.3 is 0 Å². The largest absolute Gasteiger partial charge is 0.286 e. The highest BCUT2D eigenvalue weighted by Gasteiger charge is 2.10. The van der Waals surface area contributed by atoms with Crippen LogP contribution >= 0.6 is 11.3 Å². The van der Waals surface area contributed by atoms with Crippen molar-refractivity contribution in [1.82, 2.24) is 9.38 Å². The molecule has 0 radical (unpaired) electrons. The number of para-hydroxylation sites is 1. The first-order valence-electron chi connectivity index (χ1n) is 6.42. The van der Waals surface area contributed by atoms with E-state index >= 15 is 0 Å². The van der Waals surface area contributed by atoms with Gasteiger partial charge in [-0.25, -0.2) is 4.98 Å². The zero-order valence-corrected chi connectivity index (χ0v) is 12.6. The van der Waals surface area contributed by atoms with Gasteiger partial charge in [-0.1, -0.05) is 18.2 Å². The second kappa shape index (κ2) is 5.09. The molecule has 0 saturated heterocycles. The molecule has 0 aliphatic rings. The maximum Gasteiger partial charge on any atom is 0.194 e. The van der Waals surface area contributed by atoms with Crippen LogP contribution in [0.3, 0.4) is 0 Å². The lowest BCUT2D eigenvalue weighted by Gasteiger charge is -2.12. The van der Waals surface area contributed by atoms with E-state index in [4.69, 9.17) is 0 Å². The summed E-state index contributed by atoms with van der Waals surface area (Å²) in [7, 11) is 1.94. The molecule has 0 aliphatic carbocycles. The van der Waals surface area contributed by atoms with Crippen LogP contribution in [0.2, 0.25) is 0 Å². The van der Waals surface area contributed by atoms with Gasteiger partial charge in [0, 0.05) is 18.1 Å². The van der Waals surface area contributed by atoms with Crippen molar-refractivity contribution in [3.8, 4) is 0 Å². The number of imidazole rings is 1. The first-order chi connectivity index (χ1) is 9.66. The summed E-state index contributed by atoms with van der Waals surface area (Å²) in [6.45, 7) is 4.10. The van der Waals surface area contributed by atoms with Gasteiger partial charge in [-0.2, -0.15) is 5.10 Å². The number of aromatic nitrogens is 2. The number of thiazole rings is 1. The normalized spacial score (nSPS) is 11.6. The van der Waals surface area contributed by atoms with Crippen molar-refractivity contribution in [2.24, 2.45) is 5.10 Å². The van der Waals surface area contributed by atoms with Crippen LogP contribution in [0.25, 0.3) is 4.96 Å². The number of aryl methyl sites for hydroxylation is 2. The van der Waals surface area contributed by atoms with Gasteiger partial charge in [0.15, 0.2) is 4.96 Å². The summed E-state index contributed by atoms with van der Waals surface area (Å²) < 4.78 is 2.14. The van der Waals surface area contributed by atoms with Gasteiger partial charge in [-0.05, 0) is 26.0 Å². The SMILES string of the molecule is Cc1nc2scc(C)n2c1/C=N/N(C)c1ccccc1. The molecule has 5 heteroatoms. The van der Waals surface area contributed by atoms with Crippen LogP contribution in [-0.4, -0.2) is 22.6 Å². The highest BCUT2D eigenvalue weighted by molar-refractivity contribution is 7.15. The Hall–Kier alpha value is -2.14. The summed E-state index contributed by atoms with van der Waals surface area (Å²) in [5.41, 5.74) is 4.30. The molecule has 0 amide bonds. The van der Waals surface area contributed by atoms with Crippen molar-refractivity contribution >= 4 is 28.2 Å². The lowest BCUT2D eigenvalue weighted by atomic mass is 10.3. The van der Waals surface area contributed by atoms with Gasteiger partial charge < -0.3 is 0 Å². The first kappa shape index (κ1) is 12.9. The highest BCUT2D eigenvalue weighted by atomic mass is 32.1. The summed E-state index contributed by atoms with van der Waals surface area (Å²) in [5.74, 6) is 0. The number of hydrogen-bond acceptors (Lipinski definition) is 4. The molecule has 0 aliphatic heterocycles. The van der Waals surface area contributed by atoms with E-state index in [9.17, 15) is 0 Å². The first-order valence-corrected chi connectivity index (χ1v) is 7.30. The Kier molecular flexibility index (Phi) is 3.28. The average Bonchev–Trinajstić information content (AvgIpc) is 2.97. The number of hydrogen-bond donors (Lipinski definition) is 0.